The molecule has 0 spiro atoms. The fraction of sp³-hybridized carbons (Fsp3) is 0.208. The molecule has 0 aliphatic rings. The summed E-state index contributed by atoms with van der Waals surface area (Å²) in [4.78, 5) is 34.3. The number of aromatic nitrogens is 4. The number of anilines is 2. The summed E-state index contributed by atoms with van der Waals surface area (Å²) in [6.07, 6.45) is 2.93. The lowest BCUT2D eigenvalue weighted by atomic mass is 10.1. The number of esters is 1. The Morgan fingerprint density at radius 3 is 2.65 bits per heavy atom. The molecule has 0 aliphatic heterocycles. The van der Waals surface area contributed by atoms with Crippen LogP contribution in [-0.4, -0.2) is 38.2 Å². The minimum Gasteiger partial charge on any atom is -0.467 e. The van der Waals surface area contributed by atoms with Gasteiger partial charge in [-0.1, -0.05) is 12.1 Å². The van der Waals surface area contributed by atoms with Crippen molar-refractivity contribution >= 4 is 23.4 Å². The van der Waals surface area contributed by atoms with Crippen molar-refractivity contribution in [3.8, 4) is 5.95 Å². The lowest BCUT2D eigenvalue weighted by Crippen LogP contribution is -2.23. The number of nitrogens with one attached hydrogen (secondary N) is 2. The highest BCUT2D eigenvalue weighted by molar-refractivity contribution is 6.01. The maximum Gasteiger partial charge on any atom is 0.343 e. The van der Waals surface area contributed by atoms with Gasteiger partial charge < -0.3 is 19.8 Å². The van der Waals surface area contributed by atoms with E-state index in [0.717, 1.165) is 11.4 Å². The smallest absolute Gasteiger partial charge is 0.343 e. The van der Waals surface area contributed by atoms with Crippen LogP contribution in [0, 0.1) is 13.8 Å². The van der Waals surface area contributed by atoms with Crippen LogP contribution in [0.1, 0.15) is 44.8 Å². The molecule has 10 nitrogen and oxygen atoms in total. The lowest BCUT2D eigenvalue weighted by Gasteiger charge is -2.15. The van der Waals surface area contributed by atoms with Gasteiger partial charge in [0.05, 0.1) is 36.4 Å². The van der Waals surface area contributed by atoms with E-state index in [1.54, 1.807) is 54.3 Å². The summed E-state index contributed by atoms with van der Waals surface area (Å²) in [5, 5.41) is 10.3. The van der Waals surface area contributed by atoms with Crippen LogP contribution in [-0.2, 0) is 11.3 Å². The number of rotatable bonds is 8. The average Bonchev–Trinajstić information content (AvgIpc) is 3.47. The third kappa shape index (κ3) is 4.96. The van der Waals surface area contributed by atoms with E-state index in [1.807, 2.05) is 19.9 Å². The molecule has 1 amide bonds. The second-order valence-corrected chi connectivity index (χ2v) is 7.42. The Hall–Kier alpha value is -4.47. The van der Waals surface area contributed by atoms with Crippen molar-refractivity contribution in [2.24, 2.45) is 0 Å². The molecule has 3 aromatic heterocycles. The zero-order chi connectivity index (χ0) is 24.1. The predicted molar refractivity (Wildman–Crippen MR) is 124 cm³/mol. The van der Waals surface area contributed by atoms with Gasteiger partial charge in [-0.2, -0.15) is 10.1 Å². The Kier molecular flexibility index (Phi) is 6.67. The summed E-state index contributed by atoms with van der Waals surface area (Å²) in [6, 6.07) is 12.4. The first-order valence-corrected chi connectivity index (χ1v) is 10.7. The standard InChI is InChI=1S/C24H24N6O4/c1-4-33-23(32)19-14-26-24(30-16(3)12-15(2)29-30)28-21(19)27-20-10-6-5-9-18(20)22(31)25-13-17-8-7-11-34-17/h5-12,14H,4,13H2,1-3H3,(H,25,31)(H,26,27,28). The topological polar surface area (TPSA) is 124 Å². The minimum absolute atomic E-state index is 0.137. The summed E-state index contributed by atoms with van der Waals surface area (Å²) in [6.45, 7) is 5.91. The quantitative estimate of drug-likeness (QED) is 0.381. The van der Waals surface area contributed by atoms with E-state index in [4.69, 9.17) is 9.15 Å². The van der Waals surface area contributed by atoms with Gasteiger partial charge in [-0.15, -0.1) is 0 Å². The average molecular weight is 460 g/mol. The maximum absolute atomic E-state index is 12.9. The van der Waals surface area contributed by atoms with E-state index < -0.39 is 5.97 Å². The Labute approximate surface area is 196 Å². The van der Waals surface area contributed by atoms with E-state index in [9.17, 15) is 9.59 Å². The van der Waals surface area contributed by atoms with E-state index >= 15 is 0 Å². The molecule has 34 heavy (non-hydrogen) atoms. The number of nitrogens with zero attached hydrogens (tertiary/aromatic N) is 4. The van der Waals surface area contributed by atoms with Gasteiger partial charge in [0, 0.05) is 11.9 Å². The molecule has 1 aromatic carbocycles. The summed E-state index contributed by atoms with van der Waals surface area (Å²) in [5.74, 6) is 0.214. The monoisotopic (exact) mass is 460 g/mol. The number of aryl methyl sites for hydroxylation is 2. The number of para-hydroxylation sites is 1. The van der Waals surface area contributed by atoms with Crippen LogP contribution in [0.2, 0.25) is 0 Å². The van der Waals surface area contributed by atoms with E-state index in [-0.39, 0.29) is 36.4 Å². The minimum atomic E-state index is -0.579. The fourth-order valence-corrected chi connectivity index (χ4v) is 3.35. The molecule has 0 atom stereocenters. The summed E-state index contributed by atoms with van der Waals surface area (Å²) in [7, 11) is 0. The van der Waals surface area contributed by atoms with Crippen molar-refractivity contribution in [1.82, 2.24) is 25.1 Å². The fourth-order valence-electron chi connectivity index (χ4n) is 3.35. The van der Waals surface area contributed by atoms with Gasteiger partial charge in [-0.3, -0.25) is 4.79 Å². The van der Waals surface area contributed by atoms with Crippen LogP contribution in [0.5, 0.6) is 0 Å². The highest BCUT2D eigenvalue weighted by Crippen LogP contribution is 2.24. The molecule has 3 heterocycles. The number of hydrogen-bond donors (Lipinski definition) is 2. The number of carbonyl (C=O) groups excluding carboxylic acids is 2. The van der Waals surface area contributed by atoms with Gasteiger partial charge in [-0.25, -0.2) is 14.5 Å². The normalized spacial score (nSPS) is 10.7. The number of amides is 1. The van der Waals surface area contributed by atoms with Crippen molar-refractivity contribution in [3.05, 3.63) is 83.2 Å². The first-order chi connectivity index (χ1) is 16.5. The van der Waals surface area contributed by atoms with Gasteiger partial charge in [0.2, 0.25) is 0 Å². The molecule has 0 unspecified atom stereocenters. The third-order valence-electron chi connectivity index (χ3n) is 4.90. The molecule has 4 rings (SSSR count). The first kappa shape index (κ1) is 22.7. The summed E-state index contributed by atoms with van der Waals surface area (Å²) in [5.41, 5.74) is 2.62. The number of benzene rings is 1. The Bertz CT molecular complexity index is 1310. The van der Waals surface area contributed by atoms with Crippen LogP contribution in [0.4, 0.5) is 11.5 Å². The molecule has 10 heteroatoms. The largest absolute Gasteiger partial charge is 0.467 e. The molecule has 0 radical (unpaired) electrons. The van der Waals surface area contributed by atoms with Crippen molar-refractivity contribution in [3.63, 3.8) is 0 Å². The highest BCUT2D eigenvalue weighted by Gasteiger charge is 2.20. The van der Waals surface area contributed by atoms with Gasteiger partial charge in [0.25, 0.3) is 11.9 Å². The Morgan fingerprint density at radius 1 is 1.12 bits per heavy atom. The molecule has 2 N–H and O–H groups in total. The van der Waals surface area contributed by atoms with Crippen molar-refractivity contribution < 1.29 is 18.7 Å². The van der Waals surface area contributed by atoms with E-state index in [2.05, 4.69) is 25.7 Å². The highest BCUT2D eigenvalue weighted by atomic mass is 16.5. The second-order valence-electron chi connectivity index (χ2n) is 7.42. The zero-order valence-electron chi connectivity index (χ0n) is 19.0. The second kappa shape index (κ2) is 9.99. The lowest BCUT2D eigenvalue weighted by molar-refractivity contribution is 0.0526. The Balaban J connectivity index is 1.68. The molecule has 0 bridgehead atoms. The molecule has 0 saturated carbocycles. The molecule has 0 saturated heterocycles. The predicted octanol–water partition coefficient (Wildman–Crippen LogP) is 3.72. The number of carbonyl (C=O) groups is 2. The van der Waals surface area contributed by atoms with Crippen LogP contribution in [0.25, 0.3) is 5.95 Å². The summed E-state index contributed by atoms with van der Waals surface area (Å²) >= 11 is 0. The maximum atomic E-state index is 12.9. The number of furan rings is 1. The van der Waals surface area contributed by atoms with Crippen LogP contribution >= 0.6 is 0 Å². The number of hydrogen-bond acceptors (Lipinski definition) is 8. The van der Waals surface area contributed by atoms with E-state index in [1.165, 1.54) is 6.20 Å². The van der Waals surface area contributed by atoms with E-state index in [0.29, 0.717) is 17.0 Å². The zero-order valence-corrected chi connectivity index (χ0v) is 19.0. The summed E-state index contributed by atoms with van der Waals surface area (Å²) < 4.78 is 12.0. The molecular weight excluding hydrogens is 436 g/mol. The van der Waals surface area contributed by atoms with Gasteiger partial charge in [0.15, 0.2) is 5.82 Å². The molecular formula is C24H24N6O4. The molecule has 174 valence electrons. The molecule has 0 aliphatic carbocycles. The number of ether oxygens (including phenoxy) is 1. The van der Waals surface area contributed by atoms with Gasteiger partial charge >= 0.3 is 5.97 Å². The Morgan fingerprint density at radius 2 is 1.94 bits per heavy atom. The van der Waals surface area contributed by atoms with Gasteiger partial charge in [-0.05, 0) is 51.1 Å². The van der Waals surface area contributed by atoms with Crippen LogP contribution in [0.15, 0.2) is 59.3 Å². The molecule has 4 aromatic rings. The van der Waals surface area contributed by atoms with Crippen LogP contribution < -0.4 is 10.6 Å². The van der Waals surface area contributed by atoms with Gasteiger partial charge in [0.1, 0.15) is 11.3 Å². The van der Waals surface area contributed by atoms with Crippen molar-refractivity contribution in [2.75, 3.05) is 11.9 Å². The SMILES string of the molecule is CCOC(=O)c1cnc(-n2nc(C)cc2C)nc1Nc1ccccc1C(=O)NCc1ccco1. The third-order valence-corrected chi connectivity index (χ3v) is 4.90. The first-order valence-electron chi connectivity index (χ1n) is 10.7. The van der Waals surface area contributed by atoms with Crippen molar-refractivity contribution in [2.45, 2.75) is 27.3 Å². The van der Waals surface area contributed by atoms with Crippen molar-refractivity contribution in [1.29, 1.82) is 0 Å². The van der Waals surface area contributed by atoms with Crippen LogP contribution in [0.3, 0.4) is 0 Å². The molecule has 0 fully saturated rings.